The quantitative estimate of drug-likeness (QED) is 0.369. The molecule has 5 heteroatoms. The van der Waals surface area contributed by atoms with E-state index in [1.54, 1.807) is 0 Å². The molecule has 130 valence electrons. The Morgan fingerprint density at radius 2 is 1.77 bits per heavy atom. The summed E-state index contributed by atoms with van der Waals surface area (Å²) in [6.07, 6.45) is 8.12. The second-order valence-electron chi connectivity index (χ2n) is 5.94. The van der Waals surface area contributed by atoms with Crippen LogP contribution in [0.3, 0.4) is 0 Å². The van der Waals surface area contributed by atoms with Gasteiger partial charge in [-0.2, -0.15) is 0 Å². The van der Waals surface area contributed by atoms with Gasteiger partial charge in [-0.05, 0) is 32.4 Å². The minimum atomic E-state index is 0.514. The summed E-state index contributed by atoms with van der Waals surface area (Å²) in [5, 5.41) is 6.72. The van der Waals surface area contributed by atoms with Crippen LogP contribution in [0.5, 0.6) is 0 Å². The molecule has 1 fully saturated rings. The highest BCUT2D eigenvalue weighted by molar-refractivity contribution is 5.79. The molecule has 0 aromatic rings. The first kappa shape index (κ1) is 19.2. The second-order valence-corrected chi connectivity index (χ2v) is 5.94. The number of hydrogen-bond acceptors (Lipinski definition) is 3. The van der Waals surface area contributed by atoms with E-state index in [9.17, 15) is 0 Å². The highest BCUT2D eigenvalue weighted by Gasteiger charge is 2.12. The Labute approximate surface area is 136 Å². The van der Waals surface area contributed by atoms with E-state index in [1.807, 2.05) is 7.05 Å². The zero-order valence-corrected chi connectivity index (χ0v) is 14.9. The molecule has 0 amide bonds. The normalized spacial score (nSPS) is 17.0. The predicted molar refractivity (Wildman–Crippen MR) is 94.6 cm³/mol. The summed E-state index contributed by atoms with van der Waals surface area (Å²) < 4.78 is 5.93. The van der Waals surface area contributed by atoms with Crippen LogP contribution in [0, 0.1) is 0 Å². The average Bonchev–Trinajstić information content (AvgIpc) is 2.57. The van der Waals surface area contributed by atoms with E-state index in [-0.39, 0.29) is 0 Å². The molecule has 1 rings (SSSR count). The van der Waals surface area contributed by atoms with Crippen LogP contribution in [0.2, 0.25) is 0 Å². The molecule has 0 bridgehead atoms. The third-order valence-electron chi connectivity index (χ3n) is 4.36. The van der Waals surface area contributed by atoms with Gasteiger partial charge in [0, 0.05) is 33.3 Å². The lowest BCUT2D eigenvalue weighted by Crippen LogP contribution is -2.42. The minimum Gasteiger partial charge on any atom is -0.378 e. The Morgan fingerprint density at radius 3 is 2.41 bits per heavy atom. The van der Waals surface area contributed by atoms with Crippen molar-refractivity contribution in [2.75, 3.05) is 46.4 Å². The van der Waals surface area contributed by atoms with Crippen molar-refractivity contribution in [3.8, 4) is 0 Å². The Morgan fingerprint density at radius 1 is 1.09 bits per heavy atom. The summed E-state index contributed by atoms with van der Waals surface area (Å²) in [4.78, 5) is 6.66. The van der Waals surface area contributed by atoms with Gasteiger partial charge in [0.05, 0.1) is 6.10 Å². The molecule has 0 saturated heterocycles. The molecule has 0 aliphatic heterocycles. The molecular formula is C17H36N4O. The van der Waals surface area contributed by atoms with Gasteiger partial charge in [0.1, 0.15) is 0 Å². The standard InChI is InChI=1S/C17H36N4O/c1-4-21(5-2)14-13-20-17(18-3)19-12-9-15-22-16-10-7-6-8-11-16/h16H,4-15H2,1-3H3,(H2,18,19,20). The van der Waals surface area contributed by atoms with Crippen LogP contribution < -0.4 is 10.6 Å². The van der Waals surface area contributed by atoms with E-state index in [4.69, 9.17) is 4.74 Å². The van der Waals surface area contributed by atoms with Gasteiger partial charge in [-0.15, -0.1) is 0 Å². The summed E-state index contributed by atoms with van der Waals surface area (Å²) in [7, 11) is 1.82. The molecule has 0 spiro atoms. The maximum atomic E-state index is 5.93. The van der Waals surface area contributed by atoms with Crippen molar-refractivity contribution in [3.63, 3.8) is 0 Å². The molecule has 22 heavy (non-hydrogen) atoms. The van der Waals surface area contributed by atoms with Gasteiger partial charge < -0.3 is 20.3 Å². The van der Waals surface area contributed by atoms with E-state index in [2.05, 4.69) is 34.4 Å². The average molecular weight is 313 g/mol. The zero-order chi connectivity index (χ0) is 16.0. The van der Waals surface area contributed by atoms with Crippen LogP contribution in [0.15, 0.2) is 4.99 Å². The number of rotatable bonds is 10. The molecule has 0 atom stereocenters. The van der Waals surface area contributed by atoms with Gasteiger partial charge in [-0.1, -0.05) is 33.1 Å². The van der Waals surface area contributed by atoms with Crippen LogP contribution in [0.1, 0.15) is 52.4 Å². The lowest BCUT2D eigenvalue weighted by molar-refractivity contribution is 0.0277. The summed E-state index contributed by atoms with van der Waals surface area (Å²) >= 11 is 0. The van der Waals surface area contributed by atoms with E-state index in [0.717, 1.165) is 51.7 Å². The highest BCUT2D eigenvalue weighted by atomic mass is 16.5. The first-order chi connectivity index (χ1) is 10.8. The van der Waals surface area contributed by atoms with Crippen molar-refractivity contribution < 1.29 is 4.74 Å². The predicted octanol–water partition coefficient (Wildman–Crippen LogP) is 2.23. The Bertz CT molecular complexity index is 286. The third kappa shape index (κ3) is 8.59. The fourth-order valence-electron chi connectivity index (χ4n) is 2.85. The van der Waals surface area contributed by atoms with Gasteiger partial charge >= 0.3 is 0 Å². The van der Waals surface area contributed by atoms with Gasteiger partial charge in [0.25, 0.3) is 0 Å². The highest BCUT2D eigenvalue weighted by Crippen LogP contribution is 2.20. The fraction of sp³-hybridized carbons (Fsp3) is 0.941. The Hall–Kier alpha value is -0.810. The van der Waals surface area contributed by atoms with Crippen LogP contribution in [-0.4, -0.2) is 63.3 Å². The van der Waals surface area contributed by atoms with Gasteiger partial charge in [0.2, 0.25) is 0 Å². The number of guanidine groups is 1. The molecule has 0 radical (unpaired) electrons. The monoisotopic (exact) mass is 312 g/mol. The largest absolute Gasteiger partial charge is 0.378 e. The molecule has 5 nitrogen and oxygen atoms in total. The smallest absolute Gasteiger partial charge is 0.191 e. The zero-order valence-electron chi connectivity index (χ0n) is 14.9. The molecule has 0 heterocycles. The molecular weight excluding hydrogens is 276 g/mol. The van der Waals surface area contributed by atoms with E-state index in [1.165, 1.54) is 32.1 Å². The summed E-state index contributed by atoms with van der Waals surface area (Å²) in [5.41, 5.74) is 0. The second kappa shape index (κ2) is 12.7. The van der Waals surface area contributed by atoms with Crippen molar-refractivity contribution in [2.24, 2.45) is 4.99 Å². The number of nitrogens with zero attached hydrogens (tertiary/aromatic N) is 2. The van der Waals surface area contributed by atoms with E-state index in [0.29, 0.717) is 6.10 Å². The number of aliphatic imine (C=N–C) groups is 1. The summed E-state index contributed by atoms with van der Waals surface area (Å²) in [5.74, 6) is 0.893. The van der Waals surface area contributed by atoms with Crippen molar-refractivity contribution in [1.29, 1.82) is 0 Å². The van der Waals surface area contributed by atoms with Crippen LogP contribution >= 0.6 is 0 Å². The number of hydrogen-bond donors (Lipinski definition) is 2. The van der Waals surface area contributed by atoms with Crippen LogP contribution in [0.4, 0.5) is 0 Å². The number of nitrogens with one attached hydrogen (secondary N) is 2. The number of likely N-dealkylation sites (N-methyl/N-ethyl adjacent to an activating group) is 1. The third-order valence-corrected chi connectivity index (χ3v) is 4.36. The van der Waals surface area contributed by atoms with Gasteiger partial charge in [-0.3, -0.25) is 4.99 Å². The molecule has 0 aromatic carbocycles. The summed E-state index contributed by atoms with van der Waals surface area (Å²) in [6.45, 7) is 10.3. The fourth-order valence-corrected chi connectivity index (χ4v) is 2.85. The van der Waals surface area contributed by atoms with Gasteiger partial charge in [0.15, 0.2) is 5.96 Å². The molecule has 1 saturated carbocycles. The first-order valence-corrected chi connectivity index (χ1v) is 9.08. The lowest BCUT2D eigenvalue weighted by Gasteiger charge is -2.22. The minimum absolute atomic E-state index is 0.514. The topological polar surface area (TPSA) is 48.9 Å². The molecule has 1 aliphatic rings. The van der Waals surface area contributed by atoms with Crippen molar-refractivity contribution in [2.45, 2.75) is 58.5 Å². The molecule has 1 aliphatic carbocycles. The maximum absolute atomic E-state index is 5.93. The van der Waals surface area contributed by atoms with Crippen molar-refractivity contribution >= 4 is 5.96 Å². The Balaban J connectivity index is 2.01. The van der Waals surface area contributed by atoms with Crippen LogP contribution in [-0.2, 0) is 4.74 Å². The van der Waals surface area contributed by atoms with E-state index >= 15 is 0 Å². The van der Waals surface area contributed by atoms with Crippen molar-refractivity contribution in [3.05, 3.63) is 0 Å². The summed E-state index contributed by atoms with van der Waals surface area (Å²) in [6, 6.07) is 0. The molecule has 0 unspecified atom stereocenters. The van der Waals surface area contributed by atoms with E-state index < -0.39 is 0 Å². The Kier molecular flexibility index (Phi) is 11.1. The first-order valence-electron chi connectivity index (χ1n) is 9.08. The maximum Gasteiger partial charge on any atom is 0.191 e. The molecule has 0 aromatic heterocycles. The molecule has 2 N–H and O–H groups in total. The van der Waals surface area contributed by atoms with Crippen molar-refractivity contribution in [1.82, 2.24) is 15.5 Å². The SMILES string of the molecule is CCN(CC)CCNC(=NC)NCCCOC1CCCCC1. The van der Waals surface area contributed by atoms with Crippen LogP contribution in [0.25, 0.3) is 0 Å². The van der Waals surface area contributed by atoms with Gasteiger partial charge in [-0.25, -0.2) is 0 Å². The lowest BCUT2D eigenvalue weighted by atomic mass is 9.98. The number of ether oxygens (including phenoxy) is 1.